The first kappa shape index (κ1) is 25.7. The van der Waals surface area contributed by atoms with Crippen LogP contribution < -0.4 is 9.47 Å². The van der Waals surface area contributed by atoms with Crippen molar-refractivity contribution in [2.45, 2.75) is 71.1 Å². The van der Waals surface area contributed by atoms with Gasteiger partial charge in [-0.15, -0.1) is 6.58 Å². The maximum Gasteiger partial charge on any atom is 0.201 e. The van der Waals surface area contributed by atoms with E-state index in [4.69, 9.17) is 9.47 Å². The zero-order valence-electron chi connectivity index (χ0n) is 21.1. The Balaban J connectivity index is 1.22. The van der Waals surface area contributed by atoms with Crippen molar-refractivity contribution in [1.29, 1.82) is 0 Å². The van der Waals surface area contributed by atoms with Gasteiger partial charge in [-0.1, -0.05) is 31.1 Å². The Labute approximate surface area is 209 Å². The van der Waals surface area contributed by atoms with Crippen LogP contribution in [-0.2, 0) is 0 Å². The van der Waals surface area contributed by atoms with Gasteiger partial charge in [0.25, 0.3) is 0 Å². The van der Waals surface area contributed by atoms with Crippen LogP contribution in [0.3, 0.4) is 0 Å². The van der Waals surface area contributed by atoms with Crippen LogP contribution in [0.2, 0.25) is 0 Å². The highest BCUT2D eigenvalue weighted by molar-refractivity contribution is 5.66. The van der Waals surface area contributed by atoms with Crippen molar-refractivity contribution < 1.29 is 18.3 Å². The zero-order chi connectivity index (χ0) is 24.6. The van der Waals surface area contributed by atoms with Crippen molar-refractivity contribution in [2.75, 3.05) is 13.2 Å². The average molecular weight is 483 g/mol. The molecule has 0 heterocycles. The fraction of sp³-hybridized carbons (Fsp3) is 0.548. The van der Waals surface area contributed by atoms with Crippen LogP contribution in [0.5, 0.6) is 11.5 Å². The molecule has 2 nitrogen and oxygen atoms in total. The van der Waals surface area contributed by atoms with Gasteiger partial charge in [-0.3, -0.25) is 0 Å². The predicted molar refractivity (Wildman–Crippen MR) is 139 cm³/mol. The van der Waals surface area contributed by atoms with Crippen LogP contribution in [0, 0.1) is 35.3 Å². The minimum atomic E-state index is -0.944. The summed E-state index contributed by atoms with van der Waals surface area (Å²) < 4.78 is 39.9. The predicted octanol–water partition coefficient (Wildman–Crippen LogP) is 8.99. The summed E-state index contributed by atoms with van der Waals surface area (Å²) in [7, 11) is 0. The fourth-order valence-electron chi connectivity index (χ4n) is 6.09. The van der Waals surface area contributed by atoms with Gasteiger partial charge in [-0.2, -0.15) is 4.39 Å². The van der Waals surface area contributed by atoms with E-state index in [1.54, 1.807) is 25.1 Å². The Morgan fingerprint density at radius 1 is 0.800 bits per heavy atom. The largest absolute Gasteiger partial charge is 0.493 e. The minimum Gasteiger partial charge on any atom is -0.493 e. The Hall–Kier alpha value is -2.36. The molecule has 0 saturated heterocycles. The van der Waals surface area contributed by atoms with Crippen LogP contribution in [0.4, 0.5) is 8.78 Å². The molecule has 0 radical (unpaired) electrons. The Morgan fingerprint density at radius 2 is 1.43 bits per heavy atom. The van der Waals surface area contributed by atoms with Crippen LogP contribution in [0.1, 0.15) is 71.1 Å². The van der Waals surface area contributed by atoms with E-state index in [1.807, 2.05) is 12.1 Å². The standard InChI is InChI=1S/C31H40F2O2/c1-3-5-6-22-7-11-24(12-8-22)25-13-9-23(10-14-25)21-35-27-17-15-26(16-18-27)28-19-20-29(34-4-2)31(33)30(28)32/h3,15-20,22-25H,1,4-14,21H2,2H3. The quantitative estimate of drug-likeness (QED) is 0.315. The molecular formula is C31H40F2O2. The highest BCUT2D eigenvalue weighted by Gasteiger charge is 2.30. The van der Waals surface area contributed by atoms with E-state index in [-0.39, 0.29) is 11.3 Å². The van der Waals surface area contributed by atoms with E-state index in [1.165, 1.54) is 70.3 Å². The van der Waals surface area contributed by atoms with Gasteiger partial charge in [-0.05, 0) is 112 Å². The van der Waals surface area contributed by atoms with E-state index in [2.05, 4.69) is 12.7 Å². The summed E-state index contributed by atoms with van der Waals surface area (Å²) in [5, 5.41) is 0. The zero-order valence-corrected chi connectivity index (χ0v) is 21.1. The van der Waals surface area contributed by atoms with Gasteiger partial charge < -0.3 is 9.47 Å². The number of benzene rings is 2. The van der Waals surface area contributed by atoms with Gasteiger partial charge in [0.2, 0.25) is 5.82 Å². The van der Waals surface area contributed by atoms with Crippen LogP contribution in [0.25, 0.3) is 11.1 Å². The molecule has 0 atom stereocenters. The number of rotatable bonds is 10. The summed E-state index contributed by atoms with van der Waals surface area (Å²) >= 11 is 0. The van der Waals surface area contributed by atoms with Crippen molar-refractivity contribution in [1.82, 2.24) is 0 Å². The van der Waals surface area contributed by atoms with E-state index in [0.717, 1.165) is 30.1 Å². The monoisotopic (exact) mass is 482 g/mol. The lowest BCUT2D eigenvalue weighted by Crippen LogP contribution is -2.27. The normalized spacial score (nSPS) is 24.7. The van der Waals surface area contributed by atoms with E-state index < -0.39 is 11.6 Å². The SMILES string of the molecule is C=CCCC1CCC(C2CCC(COc3ccc(-c4ccc(OCC)c(F)c4F)cc3)CC2)CC1. The number of hydrogen-bond acceptors (Lipinski definition) is 2. The van der Waals surface area contributed by atoms with Crippen molar-refractivity contribution in [3.8, 4) is 22.6 Å². The van der Waals surface area contributed by atoms with E-state index >= 15 is 0 Å². The lowest BCUT2D eigenvalue weighted by molar-refractivity contribution is 0.122. The second-order valence-electron chi connectivity index (χ2n) is 10.4. The van der Waals surface area contributed by atoms with Gasteiger partial charge in [-0.25, -0.2) is 4.39 Å². The summed E-state index contributed by atoms with van der Waals surface area (Å²) in [4.78, 5) is 0. The second kappa shape index (κ2) is 12.6. The fourth-order valence-corrected chi connectivity index (χ4v) is 6.09. The van der Waals surface area contributed by atoms with E-state index in [9.17, 15) is 8.78 Å². The van der Waals surface area contributed by atoms with Gasteiger partial charge >= 0.3 is 0 Å². The smallest absolute Gasteiger partial charge is 0.201 e. The Kier molecular flexibility index (Phi) is 9.23. The topological polar surface area (TPSA) is 18.5 Å². The molecule has 2 aromatic rings. The maximum absolute atomic E-state index is 14.5. The highest BCUT2D eigenvalue weighted by atomic mass is 19.2. The molecule has 0 aromatic heterocycles. The molecule has 4 heteroatoms. The lowest BCUT2D eigenvalue weighted by atomic mass is 9.69. The molecule has 0 spiro atoms. The average Bonchev–Trinajstić information content (AvgIpc) is 2.90. The molecule has 2 aliphatic rings. The third-order valence-electron chi connectivity index (χ3n) is 8.23. The van der Waals surface area contributed by atoms with Crippen molar-refractivity contribution in [3.63, 3.8) is 0 Å². The van der Waals surface area contributed by atoms with Gasteiger partial charge in [0.1, 0.15) is 5.75 Å². The molecule has 0 N–H and O–H groups in total. The molecule has 190 valence electrons. The number of allylic oxidation sites excluding steroid dienone is 1. The first-order chi connectivity index (χ1) is 17.1. The molecule has 2 fully saturated rings. The summed E-state index contributed by atoms with van der Waals surface area (Å²) in [6, 6.07) is 10.3. The summed E-state index contributed by atoms with van der Waals surface area (Å²) in [5.74, 6) is 2.25. The molecule has 2 aliphatic carbocycles. The van der Waals surface area contributed by atoms with Gasteiger partial charge in [0.05, 0.1) is 13.2 Å². The molecule has 0 aliphatic heterocycles. The number of ether oxygens (including phenoxy) is 2. The lowest BCUT2D eigenvalue weighted by Gasteiger charge is -2.37. The van der Waals surface area contributed by atoms with Crippen LogP contribution >= 0.6 is 0 Å². The number of halogens is 2. The summed E-state index contributed by atoms with van der Waals surface area (Å²) in [6.45, 7) is 6.63. The summed E-state index contributed by atoms with van der Waals surface area (Å²) in [5.41, 5.74) is 0.849. The maximum atomic E-state index is 14.5. The van der Waals surface area contributed by atoms with Crippen LogP contribution in [0.15, 0.2) is 49.1 Å². The van der Waals surface area contributed by atoms with E-state index in [0.29, 0.717) is 18.1 Å². The summed E-state index contributed by atoms with van der Waals surface area (Å²) in [6.07, 6.45) is 15.4. The first-order valence-corrected chi connectivity index (χ1v) is 13.5. The molecule has 0 unspecified atom stereocenters. The Morgan fingerprint density at radius 3 is 2.03 bits per heavy atom. The molecule has 0 bridgehead atoms. The third kappa shape index (κ3) is 6.65. The van der Waals surface area contributed by atoms with Gasteiger partial charge in [0, 0.05) is 5.56 Å². The van der Waals surface area contributed by atoms with Crippen molar-refractivity contribution >= 4 is 0 Å². The molecular weight excluding hydrogens is 442 g/mol. The Bertz CT molecular complexity index is 939. The highest BCUT2D eigenvalue weighted by Crippen LogP contribution is 2.42. The van der Waals surface area contributed by atoms with Crippen LogP contribution in [-0.4, -0.2) is 13.2 Å². The van der Waals surface area contributed by atoms with Crippen molar-refractivity contribution in [2.24, 2.45) is 23.7 Å². The minimum absolute atomic E-state index is 0.0559. The molecule has 35 heavy (non-hydrogen) atoms. The molecule has 4 rings (SSSR count). The first-order valence-electron chi connectivity index (χ1n) is 13.5. The molecule has 2 saturated carbocycles. The van der Waals surface area contributed by atoms with Crippen molar-refractivity contribution in [3.05, 3.63) is 60.7 Å². The third-order valence-corrected chi connectivity index (χ3v) is 8.23. The second-order valence-corrected chi connectivity index (χ2v) is 10.4. The molecule has 2 aromatic carbocycles. The number of hydrogen-bond donors (Lipinski definition) is 0. The molecule has 0 amide bonds. The van der Waals surface area contributed by atoms with Gasteiger partial charge in [0.15, 0.2) is 11.6 Å².